The van der Waals surface area contributed by atoms with E-state index in [9.17, 15) is 9.59 Å². The van der Waals surface area contributed by atoms with Crippen molar-refractivity contribution in [2.75, 3.05) is 0 Å². The van der Waals surface area contributed by atoms with E-state index in [0.29, 0.717) is 11.5 Å². The number of fused-ring (bicyclic) bond motifs is 1. The van der Waals surface area contributed by atoms with E-state index in [-0.39, 0.29) is 29.2 Å². The van der Waals surface area contributed by atoms with Crippen LogP contribution in [0.3, 0.4) is 0 Å². The van der Waals surface area contributed by atoms with Gasteiger partial charge < -0.3 is 9.47 Å². The van der Waals surface area contributed by atoms with Gasteiger partial charge in [-0.3, -0.25) is 9.59 Å². The quantitative estimate of drug-likeness (QED) is 0.366. The Morgan fingerprint density at radius 2 is 1.36 bits per heavy atom. The Bertz CT molecular complexity index is 1110. The van der Waals surface area contributed by atoms with Crippen molar-refractivity contribution in [1.82, 2.24) is 0 Å². The van der Waals surface area contributed by atoms with E-state index in [0.717, 1.165) is 33.4 Å². The van der Waals surface area contributed by atoms with Gasteiger partial charge in [0.25, 0.3) is 0 Å². The van der Waals surface area contributed by atoms with Crippen molar-refractivity contribution >= 4 is 11.9 Å². The molecule has 2 aromatic carbocycles. The minimum atomic E-state index is -0.585. The summed E-state index contributed by atoms with van der Waals surface area (Å²) in [6.45, 7) is 22.5. The number of carbonyl (C=O) groups is 2. The Labute approximate surface area is 198 Å². The van der Waals surface area contributed by atoms with Crippen LogP contribution in [-0.4, -0.2) is 11.9 Å². The van der Waals surface area contributed by atoms with Crippen LogP contribution in [0, 0.1) is 19.3 Å². The number of aryl methyl sites for hydroxylation is 2. The molecule has 0 bridgehead atoms. The Kier molecular flexibility index (Phi) is 6.06. The lowest BCUT2D eigenvalue weighted by molar-refractivity contribution is -0.143. The fraction of sp³-hybridized carbons (Fsp3) is 0.517. The highest BCUT2D eigenvalue weighted by molar-refractivity contribution is 5.90. The second-order valence-corrected chi connectivity index (χ2v) is 12.4. The summed E-state index contributed by atoms with van der Waals surface area (Å²) < 4.78 is 11.5. The smallest absolute Gasteiger partial charge is 0.316 e. The highest BCUT2D eigenvalue weighted by Crippen LogP contribution is 2.48. The number of benzene rings is 2. The molecule has 1 heterocycles. The fourth-order valence-corrected chi connectivity index (χ4v) is 4.28. The van der Waals surface area contributed by atoms with Gasteiger partial charge in [0, 0.05) is 11.1 Å². The maximum Gasteiger partial charge on any atom is 0.316 e. The molecule has 0 saturated heterocycles. The summed E-state index contributed by atoms with van der Waals surface area (Å²) in [6.07, 6.45) is 0.260. The van der Waals surface area contributed by atoms with Crippen LogP contribution in [-0.2, 0) is 26.8 Å². The molecule has 0 saturated carbocycles. The van der Waals surface area contributed by atoms with Gasteiger partial charge in [0.2, 0.25) is 0 Å². The van der Waals surface area contributed by atoms with Gasteiger partial charge in [-0.2, -0.15) is 0 Å². The topological polar surface area (TPSA) is 52.6 Å². The zero-order valence-electron chi connectivity index (χ0n) is 22.1. The molecule has 0 fully saturated rings. The van der Waals surface area contributed by atoms with Crippen LogP contribution in [0.5, 0.6) is 11.5 Å². The van der Waals surface area contributed by atoms with Crippen LogP contribution in [0.4, 0.5) is 0 Å². The Hall–Kier alpha value is -2.62. The van der Waals surface area contributed by atoms with Gasteiger partial charge in [-0.1, -0.05) is 47.6 Å². The fourth-order valence-electron chi connectivity index (χ4n) is 4.28. The van der Waals surface area contributed by atoms with Crippen molar-refractivity contribution in [3.63, 3.8) is 0 Å². The SMILES string of the molecule is Cc1cc(-c2c(C(C)(C)C)cc(C(C)(C)C)c3c2CC(=O)O3)cc(C)c1OC(=O)C(C)(C)C. The van der Waals surface area contributed by atoms with Crippen LogP contribution < -0.4 is 9.47 Å². The summed E-state index contributed by atoms with van der Waals surface area (Å²) in [6, 6.07) is 6.33. The van der Waals surface area contributed by atoms with Crippen molar-refractivity contribution in [2.45, 2.75) is 93.4 Å². The predicted molar refractivity (Wildman–Crippen MR) is 133 cm³/mol. The largest absolute Gasteiger partial charge is 0.426 e. The average molecular weight is 451 g/mol. The molecule has 4 nitrogen and oxygen atoms in total. The zero-order chi connectivity index (χ0) is 25.1. The molecule has 4 heteroatoms. The average Bonchev–Trinajstić information content (AvgIpc) is 3.01. The Morgan fingerprint density at radius 3 is 1.82 bits per heavy atom. The number of ether oxygens (including phenoxy) is 2. The van der Waals surface area contributed by atoms with Gasteiger partial charge in [0.1, 0.15) is 11.5 Å². The third-order valence-corrected chi connectivity index (χ3v) is 6.09. The Morgan fingerprint density at radius 1 is 0.848 bits per heavy atom. The first-order valence-corrected chi connectivity index (χ1v) is 11.7. The molecule has 0 spiro atoms. The van der Waals surface area contributed by atoms with E-state index >= 15 is 0 Å². The molecule has 0 N–H and O–H groups in total. The molecule has 0 unspecified atom stereocenters. The number of esters is 2. The number of hydrogen-bond donors (Lipinski definition) is 0. The first kappa shape index (κ1) is 25.0. The maximum absolute atomic E-state index is 12.5. The molecule has 1 aliphatic rings. The predicted octanol–water partition coefficient (Wildman–Crippen LogP) is 6.98. The monoisotopic (exact) mass is 450 g/mol. The van der Waals surface area contributed by atoms with Crippen molar-refractivity contribution in [3.05, 3.63) is 46.0 Å². The molecular weight excluding hydrogens is 412 g/mol. The molecule has 2 aromatic rings. The summed E-state index contributed by atoms with van der Waals surface area (Å²) in [4.78, 5) is 25.0. The Balaban J connectivity index is 2.28. The van der Waals surface area contributed by atoms with Crippen molar-refractivity contribution in [2.24, 2.45) is 5.41 Å². The van der Waals surface area contributed by atoms with Gasteiger partial charge in [0.05, 0.1) is 11.8 Å². The minimum absolute atomic E-state index is 0.144. The second kappa shape index (κ2) is 8.00. The van der Waals surface area contributed by atoms with Gasteiger partial charge in [-0.15, -0.1) is 0 Å². The first-order chi connectivity index (χ1) is 14.9. The van der Waals surface area contributed by atoms with Crippen molar-refractivity contribution in [3.8, 4) is 22.6 Å². The van der Waals surface area contributed by atoms with Crippen LogP contribution >= 0.6 is 0 Å². The number of rotatable bonds is 2. The molecule has 3 rings (SSSR count). The second-order valence-electron chi connectivity index (χ2n) is 12.4. The maximum atomic E-state index is 12.5. The van der Waals surface area contributed by atoms with Gasteiger partial charge in [-0.25, -0.2) is 0 Å². The van der Waals surface area contributed by atoms with Gasteiger partial charge >= 0.3 is 11.9 Å². The van der Waals surface area contributed by atoms with E-state index < -0.39 is 5.41 Å². The third kappa shape index (κ3) is 4.85. The van der Waals surface area contributed by atoms with Gasteiger partial charge in [0.15, 0.2) is 0 Å². The van der Waals surface area contributed by atoms with E-state index in [2.05, 4.69) is 59.7 Å². The summed E-state index contributed by atoms with van der Waals surface area (Å²) in [7, 11) is 0. The van der Waals surface area contributed by atoms with Crippen molar-refractivity contribution in [1.29, 1.82) is 0 Å². The molecule has 178 valence electrons. The van der Waals surface area contributed by atoms with E-state index in [1.165, 1.54) is 5.56 Å². The summed E-state index contributed by atoms with van der Waals surface area (Å²) in [5, 5.41) is 0. The molecule has 0 aromatic heterocycles. The van der Waals surface area contributed by atoms with E-state index in [4.69, 9.17) is 9.47 Å². The molecule has 0 aliphatic carbocycles. The molecular formula is C29H38O4. The standard InChI is InChI=1S/C29H38O4/c1-16-12-18(13-17(2)24(16)33-26(31)29(9,10)11)23-19-14-22(30)32-25(19)21(28(6,7)8)15-20(23)27(3,4)5/h12-13,15H,14H2,1-11H3. The van der Waals surface area contributed by atoms with Gasteiger partial charge in [-0.05, 0) is 85.4 Å². The van der Waals surface area contributed by atoms with E-state index in [1.54, 1.807) is 0 Å². The van der Waals surface area contributed by atoms with Crippen LogP contribution in [0.15, 0.2) is 18.2 Å². The van der Waals surface area contributed by atoms with Crippen molar-refractivity contribution < 1.29 is 19.1 Å². The molecule has 1 aliphatic heterocycles. The number of carbonyl (C=O) groups excluding carboxylic acids is 2. The first-order valence-electron chi connectivity index (χ1n) is 11.7. The van der Waals surface area contributed by atoms with Crippen LogP contribution in [0.2, 0.25) is 0 Å². The summed E-state index contributed by atoms with van der Waals surface area (Å²) in [5.41, 5.74) is 6.15. The third-order valence-electron chi connectivity index (χ3n) is 6.09. The highest BCUT2D eigenvalue weighted by Gasteiger charge is 2.36. The minimum Gasteiger partial charge on any atom is -0.426 e. The normalized spacial score (nSPS) is 14.2. The zero-order valence-corrected chi connectivity index (χ0v) is 22.1. The van der Waals surface area contributed by atoms with E-state index in [1.807, 2.05) is 34.6 Å². The number of hydrogen-bond acceptors (Lipinski definition) is 4. The lowest BCUT2D eigenvalue weighted by atomic mass is 9.74. The molecule has 33 heavy (non-hydrogen) atoms. The summed E-state index contributed by atoms with van der Waals surface area (Å²) in [5.74, 6) is 0.832. The highest BCUT2D eigenvalue weighted by atomic mass is 16.5. The lowest BCUT2D eigenvalue weighted by Gasteiger charge is -2.30. The van der Waals surface area contributed by atoms with Crippen LogP contribution in [0.25, 0.3) is 11.1 Å². The molecule has 0 radical (unpaired) electrons. The molecule has 0 atom stereocenters. The lowest BCUT2D eigenvalue weighted by Crippen LogP contribution is -2.26. The van der Waals surface area contributed by atoms with Crippen LogP contribution in [0.1, 0.15) is 90.1 Å². The molecule has 0 amide bonds. The summed E-state index contributed by atoms with van der Waals surface area (Å²) >= 11 is 0.